The number of hydrogen-bond donors (Lipinski definition) is 3. The van der Waals surface area contributed by atoms with Gasteiger partial charge in [-0.15, -0.1) is 0 Å². The average Bonchev–Trinajstić information content (AvgIpc) is 2.88. The summed E-state index contributed by atoms with van der Waals surface area (Å²) in [4.78, 5) is 16.0. The predicted molar refractivity (Wildman–Crippen MR) is 66.3 cm³/mol. The monoisotopic (exact) mass is 248 g/mol. The molecule has 6 nitrogen and oxygen atoms in total. The lowest BCUT2D eigenvalue weighted by Gasteiger charge is -2.28. The van der Waals surface area contributed by atoms with E-state index in [-0.39, 0.29) is 11.7 Å². The molecule has 1 aromatic heterocycles. The summed E-state index contributed by atoms with van der Waals surface area (Å²) in [5, 5.41) is 14.8. The lowest BCUT2D eigenvalue weighted by molar-refractivity contribution is 0.0922. The second-order valence-corrected chi connectivity index (χ2v) is 4.47. The molecule has 1 fully saturated rings. The van der Waals surface area contributed by atoms with Gasteiger partial charge in [0.15, 0.2) is 5.84 Å². The van der Waals surface area contributed by atoms with E-state index in [0.717, 1.165) is 12.8 Å². The fraction of sp³-hybridized carbons (Fsp3) is 0.417. The van der Waals surface area contributed by atoms with Crippen LogP contribution < -0.4 is 11.1 Å². The molecule has 0 aromatic carbocycles. The topological polar surface area (TPSA) is 101 Å². The molecule has 0 radical (unpaired) electrons. The minimum Gasteiger partial charge on any atom is -0.409 e. The Bertz CT molecular complexity index is 452. The van der Waals surface area contributed by atoms with Crippen molar-refractivity contribution in [2.45, 2.75) is 31.2 Å². The number of rotatable bonds is 3. The molecule has 1 heterocycles. The fourth-order valence-electron chi connectivity index (χ4n) is 2.31. The summed E-state index contributed by atoms with van der Waals surface area (Å²) in [7, 11) is 0. The van der Waals surface area contributed by atoms with Crippen molar-refractivity contribution in [2.75, 3.05) is 0 Å². The molecular formula is C12H16N4O2. The largest absolute Gasteiger partial charge is 0.409 e. The maximum atomic E-state index is 12.1. The number of nitrogens with one attached hydrogen (secondary N) is 1. The van der Waals surface area contributed by atoms with Crippen LogP contribution in [0.25, 0.3) is 0 Å². The van der Waals surface area contributed by atoms with Gasteiger partial charge in [0.1, 0.15) is 5.54 Å². The van der Waals surface area contributed by atoms with E-state index in [4.69, 9.17) is 10.9 Å². The minimum absolute atomic E-state index is 0.0669. The average molecular weight is 248 g/mol. The smallest absolute Gasteiger partial charge is 0.253 e. The van der Waals surface area contributed by atoms with E-state index in [0.29, 0.717) is 18.4 Å². The van der Waals surface area contributed by atoms with Crippen LogP contribution in [0.3, 0.4) is 0 Å². The SMILES string of the molecule is N/C(=N/O)C1(NC(=O)c2cccnc2)CCCC1. The number of hydrogen-bond acceptors (Lipinski definition) is 4. The van der Waals surface area contributed by atoms with Crippen molar-refractivity contribution in [1.82, 2.24) is 10.3 Å². The van der Waals surface area contributed by atoms with Gasteiger partial charge in [0.25, 0.3) is 5.91 Å². The van der Waals surface area contributed by atoms with Crippen LogP contribution >= 0.6 is 0 Å². The van der Waals surface area contributed by atoms with Crippen molar-refractivity contribution in [1.29, 1.82) is 0 Å². The number of amides is 1. The number of carbonyl (C=O) groups excluding carboxylic acids is 1. The zero-order valence-electron chi connectivity index (χ0n) is 9.97. The highest BCUT2D eigenvalue weighted by Gasteiger charge is 2.39. The molecule has 96 valence electrons. The van der Waals surface area contributed by atoms with Gasteiger partial charge in [-0.25, -0.2) is 0 Å². The lowest BCUT2D eigenvalue weighted by atomic mass is 9.95. The molecule has 1 aliphatic carbocycles. The maximum absolute atomic E-state index is 12.1. The van der Waals surface area contributed by atoms with Crippen molar-refractivity contribution < 1.29 is 10.0 Å². The molecule has 6 heteroatoms. The molecule has 0 unspecified atom stereocenters. The molecule has 1 amide bonds. The quantitative estimate of drug-likeness (QED) is 0.320. The second-order valence-electron chi connectivity index (χ2n) is 4.47. The van der Waals surface area contributed by atoms with Gasteiger partial charge in [0.2, 0.25) is 0 Å². The molecule has 1 aliphatic rings. The van der Waals surface area contributed by atoms with E-state index in [1.54, 1.807) is 18.3 Å². The Kier molecular flexibility index (Phi) is 3.45. The molecule has 0 spiro atoms. The molecule has 2 rings (SSSR count). The third-order valence-electron chi connectivity index (χ3n) is 3.33. The third kappa shape index (κ3) is 2.27. The van der Waals surface area contributed by atoms with E-state index >= 15 is 0 Å². The van der Waals surface area contributed by atoms with Gasteiger partial charge in [-0.1, -0.05) is 18.0 Å². The van der Waals surface area contributed by atoms with Crippen LogP contribution in [0, 0.1) is 0 Å². The summed E-state index contributed by atoms with van der Waals surface area (Å²) in [6.45, 7) is 0. The van der Waals surface area contributed by atoms with Gasteiger partial charge in [0.05, 0.1) is 5.56 Å². The van der Waals surface area contributed by atoms with Crippen LogP contribution in [0.4, 0.5) is 0 Å². The summed E-state index contributed by atoms with van der Waals surface area (Å²) < 4.78 is 0. The van der Waals surface area contributed by atoms with E-state index in [9.17, 15) is 4.79 Å². The summed E-state index contributed by atoms with van der Waals surface area (Å²) in [5.74, 6) is -0.186. The van der Waals surface area contributed by atoms with Crippen LogP contribution in [0.2, 0.25) is 0 Å². The predicted octanol–water partition coefficient (Wildman–Crippen LogP) is 0.871. The van der Waals surface area contributed by atoms with E-state index in [1.807, 2.05) is 0 Å². The summed E-state index contributed by atoms with van der Waals surface area (Å²) in [6.07, 6.45) is 6.37. The molecule has 0 atom stereocenters. The van der Waals surface area contributed by atoms with Gasteiger partial charge in [0, 0.05) is 12.4 Å². The van der Waals surface area contributed by atoms with Crippen LogP contribution in [-0.2, 0) is 0 Å². The molecular weight excluding hydrogens is 232 g/mol. The van der Waals surface area contributed by atoms with Crippen LogP contribution in [-0.4, -0.2) is 27.5 Å². The highest BCUT2D eigenvalue weighted by atomic mass is 16.4. The highest BCUT2D eigenvalue weighted by Crippen LogP contribution is 2.30. The number of nitrogens with two attached hydrogens (primary N) is 1. The Morgan fingerprint density at radius 3 is 2.78 bits per heavy atom. The Morgan fingerprint density at radius 1 is 1.50 bits per heavy atom. The summed E-state index contributed by atoms with van der Waals surface area (Å²) >= 11 is 0. The van der Waals surface area contributed by atoms with Crippen LogP contribution in [0.15, 0.2) is 29.7 Å². The standard InChI is InChI=1S/C12H16N4O2/c13-11(16-18)12(5-1-2-6-12)15-10(17)9-4-3-7-14-8-9/h3-4,7-8,18H,1-2,5-6H2,(H2,13,16)(H,15,17). The van der Waals surface area contributed by atoms with E-state index < -0.39 is 5.54 Å². The van der Waals surface area contributed by atoms with Gasteiger partial charge >= 0.3 is 0 Å². The van der Waals surface area contributed by atoms with Crippen molar-refractivity contribution >= 4 is 11.7 Å². The van der Waals surface area contributed by atoms with E-state index in [2.05, 4.69) is 15.5 Å². The first-order chi connectivity index (χ1) is 8.68. The number of pyridine rings is 1. The second kappa shape index (κ2) is 5.03. The zero-order valence-corrected chi connectivity index (χ0v) is 9.97. The molecule has 4 N–H and O–H groups in total. The summed E-state index contributed by atoms with van der Waals surface area (Å²) in [6, 6.07) is 3.37. The molecule has 18 heavy (non-hydrogen) atoms. The van der Waals surface area contributed by atoms with Gasteiger partial charge < -0.3 is 16.3 Å². The number of carbonyl (C=O) groups is 1. The molecule has 1 saturated carbocycles. The summed E-state index contributed by atoms with van der Waals surface area (Å²) in [5.41, 5.74) is 5.46. The van der Waals surface area contributed by atoms with Crippen molar-refractivity contribution in [3.63, 3.8) is 0 Å². The number of nitrogens with zero attached hydrogens (tertiary/aromatic N) is 2. The van der Waals surface area contributed by atoms with Crippen LogP contribution in [0.5, 0.6) is 0 Å². The fourth-order valence-corrected chi connectivity index (χ4v) is 2.31. The van der Waals surface area contributed by atoms with E-state index in [1.165, 1.54) is 6.20 Å². The molecule has 0 saturated heterocycles. The van der Waals surface area contributed by atoms with Gasteiger partial charge in [-0.2, -0.15) is 0 Å². The molecule has 0 aliphatic heterocycles. The van der Waals surface area contributed by atoms with Gasteiger partial charge in [-0.05, 0) is 25.0 Å². The Labute approximate surface area is 105 Å². The Balaban J connectivity index is 2.18. The van der Waals surface area contributed by atoms with Crippen molar-refractivity contribution in [3.05, 3.63) is 30.1 Å². The van der Waals surface area contributed by atoms with Crippen LogP contribution in [0.1, 0.15) is 36.0 Å². The highest BCUT2D eigenvalue weighted by molar-refractivity contribution is 6.00. The first kappa shape index (κ1) is 12.3. The lowest BCUT2D eigenvalue weighted by Crippen LogP contribution is -2.55. The van der Waals surface area contributed by atoms with Crippen molar-refractivity contribution in [2.24, 2.45) is 10.9 Å². The third-order valence-corrected chi connectivity index (χ3v) is 3.33. The van der Waals surface area contributed by atoms with Crippen molar-refractivity contribution in [3.8, 4) is 0 Å². The molecule has 0 bridgehead atoms. The first-order valence-electron chi connectivity index (χ1n) is 5.88. The normalized spacial score (nSPS) is 18.6. The van der Waals surface area contributed by atoms with Gasteiger partial charge in [-0.3, -0.25) is 9.78 Å². The molecule has 1 aromatic rings. The Morgan fingerprint density at radius 2 is 2.22 bits per heavy atom. The Hall–Kier alpha value is -2.11. The number of oxime groups is 1. The minimum atomic E-state index is -0.721. The maximum Gasteiger partial charge on any atom is 0.253 e. The zero-order chi connectivity index (χ0) is 13.0. The first-order valence-corrected chi connectivity index (χ1v) is 5.88. The number of aromatic nitrogens is 1. The number of amidine groups is 1.